The number of ketones is 1. The molecule has 2 aliphatic heterocycles. The summed E-state index contributed by atoms with van der Waals surface area (Å²) in [5.41, 5.74) is 7.14. The van der Waals surface area contributed by atoms with Crippen LogP contribution in [0.4, 0.5) is 11.4 Å². The minimum atomic E-state index is 0.221. The molecule has 3 nitrogen and oxygen atoms in total. The van der Waals surface area contributed by atoms with E-state index in [4.69, 9.17) is 0 Å². The molecule has 2 aromatic rings. The number of anilines is 2. The van der Waals surface area contributed by atoms with Crippen molar-refractivity contribution in [2.75, 3.05) is 22.9 Å². The van der Waals surface area contributed by atoms with Crippen LogP contribution >= 0.6 is 0 Å². The summed E-state index contributed by atoms with van der Waals surface area (Å²) < 4.78 is 0. The normalized spacial score (nSPS) is 21.8. The van der Waals surface area contributed by atoms with E-state index >= 15 is 0 Å². The summed E-state index contributed by atoms with van der Waals surface area (Å²) in [5.74, 6) is 0.221. The standard InChI is InChI=1S/C23H22N2O/c26-23-19(15-24-13-11-17-5-1-3-7-21(17)24)9-10-20(23)16-25-14-12-18-6-2-4-8-22(18)25/h1-8,15-16H,9-14H2/b19-15+,20-16+. The van der Waals surface area contributed by atoms with Crippen molar-refractivity contribution in [1.29, 1.82) is 0 Å². The topological polar surface area (TPSA) is 23.6 Å². The molecule has 2 heterocycles. The van der Waals surface area contributed by atoms with E-state index in [0.717, 1.165) is 49.9 Å². The van der Waals surface area contributed by atoms with Gasteiger partial charge in [0, 0.05) is 48.0 Å². The Labute approximate surface area is 154 Å². The van der Waals surface area contributed by atoms with Gasteiger partial charge in [0.2, 0.25) is 0 Å². The number of fused-ring (bicyclic) bond motifs is 2. The Morgan fingerprint density at radius 1 is 0.654 bits per heavy atom. The van der Waals surface area contributed by atoms with E-state index in [1.54, 1.807) is 0 Å². The number of Topliss-reactive ketones (excluding diaryl/α,β-unsaturated/α-hetero) is 1. The number of hydrogen-bond acceptors (Lipinski definition) is 3. The molecule has 0 bridgehead atoms. The number of para-hydroxylation sites is 2. The van der Waals surface area contributed by atoms with Gasteiger partial charge in [-0.3, -0.25) is 4.79 Å². The van der Waals surface area contributed by atoms with E-state index in [2.05, 4.69) is 70.7 Å². The summed E-state index contributed by atoms with van der Waals surface area (Å²) in [5, 5.41) is 0. The number of allylic oxidation sites excluding steroid dienone is 2. The highest BCUT2D eigenvalue weighted by Crippen LogP contribution is 2.34. The number of benzene rings is 2. The van der Waals surface area contributed by atoms with Crippen LogP contribution in [0.3, 0.4) is 0 Å². The molecule has 0 radical (unpaired) electrons. The molecule has 3 heteroatoms. The van der Waals surface area contributed by atoms with E-state index in [0.29, 0.717) is 0 Å². The lowest BCUT2D eigenvalue weighted by atomic mass is 10.1. The molecule has 0 amide bonds. The minimum absolute atomic E-state index is 0.221. The third-order valence-electron chi connectivity index (χ3n) is 5.72. The molecule has 5 rings (SSSR count). The van der Waals surface area contributed by atoms with Crippen molar-refractivity contribution in [2.45, 2.75) is 25.7 Å². The lowest BCUT2D eigenvalue weighted by Gasteiger charge is -2.15. The third kappa shape index (κ3) is 2.55. The number of carbonyl (C=O) groups is 1. The Kier molecular flexibility index (Phi) is 3.66. The first-order chi connectivity index (χ1) is 12.8. The predicted octanol–water partition coefficient (Wildman–Crippen LogP) is 4.24. The first kappa shape index (κ1) is 15.4. The average molecular weight is 342 g/mol. The van der Waals surface area contributed by atoms with Crippen LogP contribution in [0.15, 0.2) is 72.1 Å². The van der Waals surface area contributed by atoms with Gasteiger partial charge in [-0.25, -0.2) is 0 Å². The zero-order valence-electron chi connectivity index (χ0n) is 14.8. The van der Waals surface area contributed by atoms with Crippen LogP contribution in [-0.2, 0) is 17.6 Å². The minimum Gasteiger partial charge on any atom is -0.347 e. The summed E-state index contributed by atoms with van der Waals surface area (Å²) in [4.78, 5) is 17.4. The Hall–Kier alpha value is -2.81. The first-order valence-corrected chi connectivity index (χ1v) is 9.45. The van der Waals surface area contributed by atoms with Crippen molar-refractivity contribution < 1.29 is 4.79 Å². The van der Waals surface area contributed by atoms with Crippen LogP contribution in [0.2, 0.25) is 0 Å². The molecule has 0 unspecified atom stereocenters. The van der Waals surface area contributed by atoms with Gasteiger partial charge in [-0.05, 0) is 48.9 Å². The van der Waals surface area contributed by atoms with Crippen LogP contribution in [0.5, 0.6) is 0 Å². The maximum absolute atomic E-state index is 12.9. The smallest absolute Gasteiger partial charge is 0.187 e. The Morgan fingerprint density at radius 2 is 1.12 bits per heavy atom. The van der Waals surface area contributed by atoms with Gasteiger partial charge in [0.25, 0.3) is 0 Å². The molecule has 0 saturated heterocycles. The van der Waals surface area contributed by atoms with Gasteiger partial charge in [-0.2, -0.15) is 0 Å². The second-order valence-corrected chi connectivity index (χ2v) is 7.28. The van der Waals surface area contributed by atoms with Crippen LogP contribution in [0, 0.1) is 0 Å². The van der Waals surface area contributed by atoms with Gasteiger partial charge in [0.05, 0.1) is 0 Å². The molecule has 0 N–H and O–H groups in total. The van der Waals surface area contributed by atoms with Crippen molar-refractivity contribution in [3.8, 4) is 0 Å². The highest BCUT2D eigenvalue weighted by Gasteiger charge is 2.27. The van der Waals surface area contributed by atoms with Crippen LogP contribution < -0.4 is 9.80 Å². The van der Waals surface area contributed by atoms with Gasteiger partial charge in [0.1, 0.15) is 0 Å². The molecule has 0 spiro atoms. The van der Waals surface area contributed by atoms with E-state index < -0.39 is 0 Å². The molecule has 3 aliphatic rings. The summed E-state index contributed by atoms with van der Waals surface area (Å²) in [7, 11) is 0. The van der Waals surface area contributed by atoms with Gasteiger partial charge in [-0.1, -0.05) is 36.4 Å². The fourth-order valence-corrected chi connectivity index (χ4v) is 4.32. The van der Waals surface area contributed by atoms with Gasteiger partial charge >= 0.3 is 0 Å². The fraction of sp³-hybridized carbons (Fsp3) is 0.261. The number of nitrogens with zero attached hydrogens (tertiary/aromatic N) is 2. The number of rotatable bonds is 2. The van der Waals surface area contributed by atoms with Gasteiger partial charge in [-0.15, -0.1) is 0 Å². The molecular formula is C23H22N2O. The quantitative estimate of drug-likeness (QED) is 0.763. The highest BCUT2D eigenvalue weighted by molar-refractivity contribution is 6.11. The van der Waals surface area contributed by atoms with Crippen molar-refractivity contribution in [1.82, 2.24) is 0 Å². The number of carbonyl (C=O) groups excluding carboxylic acids is 1. The summed E-state index contributed by atoms with van der Waals surface area (Å²) in [6.07, 6.45) is 7.99. The molecule has 1 saturated carbocycles. The second kappa shape index (κ2) is 6.17. The Balaban J connectivity index is 1.38. The van der Waals surface area contributed by atoms with Crippen molar-refractivity contribution in [3.05, 3.63) is 83.2 Å². The molecule has 130 valence electrons. The van der Waals surface area contributed by atoms with Crippen molar-refractivity contribution in [2.24, 2.45) is 0 Å². The van der Waals surface area contributed by atoms with Crippen molar-refractivity contribution in [3.63, 3.8) is 0 Å². The third-order valence-corrected chi connectivity index (χ3v) is 5.72. The molecule has 0 aromatic heterocycles. The SMILES string of the molecule is O=C1/C(=C/N2CCc3ccccc32)CC/C1=C\N1CCc2ccccc21. The summed E-state index contributed by atoms with van der Waals surface area (Å²) >= 11 is 0. The molecule has 0 atom stereocenters. The lowest BCUT2D eigenvalue weighted by molar-refractivity contribution is -0.111. The van der Waals surface area contributed by atoms with E-state index in [1.165, 1.54) is 22.5 Å². The monoisotopic (exact) mass is 342 g/mol. The molecule has 1 aliphatic carbocycles. The summed E-state index contributed by atoms with van der Waals surface area (Å²) in [6.45, 7) is 1.93. The second-order valence-electron chi connectivity index (χ2n) is 7.28. The molecule has 26 heavy (non-hydrogen) atoms. The Bertz CT molecular complexity index is 865. The molecule has 1 fully saturated rings. The molecule has 2 aromatic carbocycles. The fourth-order valence-electron chi connectivity index (χ4n) is 4.32. The number of hydrogen-bond donors (Lipinski definition) is 0. The van der Waals surface area contributed by atoms with Crippen LogP contribution in [0.1, 0.15) is 24.0 Å². The van der Waals surface area contributed by atoms with E-state index in [-0.39, 0.29) is 5.78 Å². The first-order valence-electron chi connectivity index (χ1n) is 9.45. The average Bonchev–Trinajstić information content (AvgIpc) is 3.36. The maximum atomic E-state index is 12.9. The Morgan fingerprint density at radius 3 is 1.62 bits per heavy atom. The summed E-state index contributed by atoms with van der Waals surface area (Å²) in [6, 6.07) is 17.0. The lowest BCUT2D eigenvalue weighted by Crippen LogP contribution is -2.16. The van der Waals surface area contributed by atoms with E-state index in [1.807, 2.05) is 0 Å². The van der Waals surface area contributed by atoms with Crippen LogP contribution in [0.25, 0.3) is 0 Å². The van der Waals surface area contributed by atoms with E-state index in [9.17, 15) is 4.79 Å². The van der Waals surface area contributed by atoms with Gasteiger partial charge < -0.3 is 9.80 Å². The zero-order chi connectivity index (χ0) is 17.5. The maximum Gasteiger partial charge on any atom is 0.187 e. The largest absolute Gasteiger partial charge is 0.347 e. The van der Waals surface area contributed by atoms with Crippen molar-refractivity contribution >= 4 is 17.2 Å². The zero-order valence-corrected chi connectivity index (χ0v) is 14.8. The highest BCUT2D eigenvalue weighted by atomic mass is 16.1. The van der Waals surface area contributed by atoms with Gasteiger partial charge in [0.15, 0.2) is 5.78 Å². The van der Waals surface area contributed by atoms with Crippen LogP contribution in [-0.4, -0.2) is 18.9 Å². The predicted molar refractivity (Wildman–Crippen MR) is 105 cm³/mol. The molecular weight excluding hydrogens is 320 g/mol.